The molecule has 6 nitrogen and oxygen atoms in total. The maximum absolute atomic E-state index is 11.7. The van der Waals surface area contributed by atoms with Crippen LogP contribution in [0.3, 0.4) is 0 Å². The van der Waals surface area contributed by atoms with E-state index in [1.54, 1.807) is 24.3 Å². The van der Waals surface area contributed by atoms with Crippen molar-refractivity contribution < 1.29 is 29.0 Å². The van der Waals surface area contributed by atoms with Gasteiger partial charge in [-0.2, -0.15) is 0 Å². The molecule has 0 aromatic heterocycles. The maximum Gasteiger partial charge on any atom is 0.346 e. The zero-order valence-electron chi connectivity index (χ0n) is 12.0. The van der Waals surface area contributed by atoms with Crippen LogP contribution in [-0.4, -0.2) is 23.0 Å². The minimum absolute atomic E-state index is 0.239. The Balaban J connectivity index is 1.83. The van der Waals surface area contributed by atoms with Gasteiger partial charge in [-0.15, -0.1) is 0 Å². The Morgan fingerprint density at radius 2 is 1.17 bits per heavy atom. The monoisotopic (exact) mass is 320 g/mol. The Labute approximate surface area is 134 Å². The highest BCUT2D eigenvalue weighted by Gasteiger charge is 2.31. The van der Waals surface area contributed by atoms with Crippen molar-refractivity contribution >= 4 is 39.5 Å². The Bertz CT molecular complexity index is 1130. The molecule has 0 aliphatic carbocycles. The van der Waals surface area contributed by atoms with Crippen molar-refractivity contribution in [2.24, 2.45) is 0 Å². The van der Waals surface area contributed by atoms with Gasteiger partial charge in [0.1, 0.15) is 0 Å². The van der Waals surface area contributed by atoms with Crippen LogP contribution in [0.2, 0.25) is 0 Å². The number of hydrogen-bond acceptors (Lipinski definition) is 6. The van der Waals surface area contributed by atoms with Crippen LogP contribution < -0.4 is 0 Å². The number of benzene rings is 3. The van der Waals surface area contributed by atoms with Crippen molar-refractivity contribution in [1.82, 2.24) is 0 Å². The average Bonchev–Trinajstić information content (AvgIpc) is 2.98. The normalized spacial score (nSPS) is 18.7. The highest BCUT2D eigenvalue weighted by Crippen LogP contribution is 2.35. The molecule has 0 fully saturated rings. The van der Waals surface area contributed by atoms with Gasteiger partial charge in [-0.3, -0.25) is 0 Å². The first-order valence-electron chi connectivity index (χ1n) is 7.22. The summed E-state index contributed by atoms with van der Waals surface area (Å²) in [6.07, 6.45) is -1.26. The van der Waals surface area contributed by atoms with E-state index in [9.17, 15) is 19.5 Å². The summed E-state index contributed by atoms with van der Waals surface area (Å²) >= 11 is 0. The molecular formula is C18H8O6. The van der Waals surface area contributed by atoms with E-state index in [-0.39, 0.29) is 11.1 Å². The number of aliphatic hydroxyl groups excluding tert-OH is 1. The van der Waals surface area contributed by atoms with Crippen molar-refractivity contribution in [3.05, 3.63) is 58.7 Å². The lowest BCUT2D eigenvalue weighted by atomic mass is 9.96. The van der Waals surface area contributed by atoms with Gasteiger partial charge < -0.3 is 14.6 Å². The summed E-state index contributed by atoms with van der Waals surface area (Å²) in [5.41, 5.74) is 1.22. The van der Waals surface area contributed by atoms with Gasteiger partial charge in [-0.05, 0) is 57.9 Å². The van der Waals surface area contributed by atoms with Gasteiger partial charge in [0.15, 0.2) is 0 Å². The molecule has 3 aromatic rings. The summed E-state index contributed by atoms with van der Waals surface area (Å²) in [7, 11) is 0. The molecule has 1 N–H and O–H groups in total. The minimum Gasteiger partial charge on any atom is -0.428 e. The van der Waals surface area contributed by atoms with Gasteiger partial charge in [0.05, 0.1) is 16.7 Å². The Hall–Kier alpha value is -3.25. The molecule has 0 bridgehead atoms. The van der Waals surface area contributed by atoms with Crippen LogP contribution in [0.5, 0.6) is 0 Å². The number of esters is 3. The third kappa shape index (κ3) is 1.60. The number of carbonyl (C=O) groups is 3. The van der Waals surface area contributed by atoms with E-state index >= 15 is 0 Å². The predicted octanol–water partition coefficient (Wildman–Crippen LogP) is 2.46. The second kappa shape index (κ2) is 4.18. The molecule has 5 rings (SSSR count). The fourth-order valence-electron chi connectivity index (χ4n) is 3.26. The van der Waals surface area contributed by atoms with Gasteiger partial charge in [-0.25, -0.2) is 14.4 Å². The number of cyclic esters (lactones) is 3. The van der Waals surface area contributed by atoms with Gasteiger partial charge in [-0.1, -0.05) is 0 Å². The van der Waals surface area contributed by atoms with E-state index in [1.807, 2.05) is 12.1 Å². The molecule has 0 spiro atoms. The third-order valence-electron chi connectivity index (χ3n) is 4.43. The summed E-state index contributed by atoms with van der Waals surface area (Å²) in [4.78, 5) is 35.1. The summed E-state index contributed by atoms with van der Waals surface area (Å²) in [5.74, 6) is -1.87. The molecular weight excluding hydrogens is 312 g/mol. The largest absolute Gasteiger partial charge is 0.428 e. The van der Waals surface area contributed by atoms with Crippen molar-refractivity contribution in [1.29, 1.82) is 0 Å². The SMILES string of the molecule is O=C1OC(=O)c2cc3cc4cc5c(cc4cc3cc21)C(=O)OC5O. The van der Waals surface area contributed by atoms with Crippen LogP contribution in [0.4, 0.5) is 0 Å². The lowest BCUT2D eigenvalue weighted by Gasteiger charge is -2.06. The van der Waals surface area contributed by atoms with E-state index in [4.69, 9.17) is 4.74 Å². The van der Waals surface area contributed by atoms with Crippen LogP contribution in [0.1, 0.15) is 42.9 Å². The number of fused-ring (bicyclic) bond motifs is 4. The van der Waals surface area contributed by atoms with E-state index in [0.717, 1.165) is 21.5 Å². The quantitative estimate of drug-likeness (QED) is 0.389. The predicted molar refractivity (Wildman–Crippen MR) is 81.6 cm³/mol. The molecule has 3 aromatic carbocycles. The summed E-state index contributed by atoms with van der Waals surface area (Å²) in [5, 5.41) is 12.8. The second-order valence-corrected chi connectivity index (χ2v) is 5.82. The van der Waals surface area contributed by atoms with Crippen LogP contribution >= 0.6 is 0 Å². The maximum atomic E-state index is 11.7. The van der Waals surface area contributed by atoms with Gasteiger partial charge >= 0.3 is 17.9 Å². The standard InChI is InChI=1S/C18H8O6/c19-15-11-3-7-1-8-4-12-14(18(22)24-16(12)20)6-10(8)2-9(7)5-13(11)17(21)23-15/h1-6,15,19H. The zero-order valence-corrected chi connectivity index (χ0v) is 12.0. The van der Waals surface area contributed by atoms with Crippen molar-refractivity contribution in [2.45, 2.75) is 6.29 Å². The zero-order chi connectivity index (χ0) is 16.6. The number of carbonyl (C=O) groups excluding carboxylic acids is 3. The summed E-state index contributed by atoms with van der Waals surface area (Å²) in [6.45, 7) is 0. The van der Waals surface area contributed by atoms with Crippen molar-refractivity contribution in [3.63, 3.8) is 0 Å². The van der Waals surface area contributed by atoms with Crippen LogP contribution in [0.25, 0.3) is 21.5 Å². The molecule has 0 amide bonds. The van der Waals surface area contributed by atoms with Gasteiger partial charge in [0, 0.05) is 5.56 Å². The second-order valence-electron chi connectivity index (χ2n) is 5.82. The van der Waals surface area contributed by atoms with Crippen molar-refractivity contribution in [3.8, 4) is 0 Å². The first-order valence-corrected chi connectivity index (χ1v) is 7.22. The third-order valence-corrected chi connectivity index (χ3v) is 4.43. The van der Waals surface area contributed by atoms with E-state index in [0.29, 0.717) is 11.1 Å². The molecule has 0 saturated carbocycles. The Kier molecular flexibility index (Phi) is 2.30. The van der Waals surface area contributed by atoms with E-state index in [2.05, 4.69) is 4.74 Å². The van der Waals surface area contributed by atoms with Crippen molar-refractivity contribution in [2.75, 3.05) is 0 Å². The number of aliphatic hydroxyl groups is 1. The molecule has 24 heavy (non-hydrogen) atoms. The Morgan fingerprint density at radius 1 is 0.667 bits per heavy atom. The number of rotatable bonds is 0. The molecule has 2 aliphatic heterocycles. The van der Waals surface area contributed by atoms with Gasteiger partial charge in [0.25, 0.3) is 0 Å². The topological polar surface area (TPSA) is 89.9 Å². The molecule has 116 valence electrons. The highest BCUT2D eigenvalue weighted by atomic mass is 16.6. The fourth-order valence-corrected chi connectivity index (χ4v) is 3.26. The first kappa shape index (κ1) is 13.2. The minimum atomic E-state index is -1.26. The first-order chi connectivity index (χ1) is 11.5. The van der Waals surface area contributed by atoms with Crippen LogP contribution in [0.15, 0.2) is 36.4 Å². The number of ether oxygens (including phenoxy) is 2. The van der Waals surface area contributed by atoms with Crippen LogP contribution in [-0.2, 0) is 9.47 Å². The molecule has 6 heteroatoms. The molecule has 0 radical (unpaired) electrons. The molecule has 0 saturated heterocycles. The van der Waals surface area contributed by atoms with E-state index in [1.165, 1.54) is 0 Å². The Morgan fingerprint density at radius 3 is 1.75 bits per heavy atom. The summed E-state index contributed by atoms with van der Waals surface area (Å²) < 4.78 is 9.43. The fraction of sp³-hybridized carbons (Fsp3) is 0.0556. The molecule has 1 atom stereocenters. The average molecular weight is 320 g/mol. The summed E-state index contributed by atoms with van der Waals surface area (Å²) in [6, 6.07) is 10.2. The lowest BCUT2D eigenvalue weighted by Crippen LogP contribution is -1.96. The molecule has 1 unspecified atom stereocenters. The highest BCUT2D eigenvalue weighted by molar-refractivity contribution is 6.18. The molecule has 2 heterocycles. The molecule has 2 aliphatic rings. The number of hydrogen-bond donors (Lipinski definition) is 1. The van der Waals surface area contributed by atoms with E-state index < -0.39 is 24.2 Å². The smallest absolute Gasteiger partial charge is 0.346 e. The van der Waals surface area contributed by atoms with Gasteiger partial charge in [0.2, 0.25) is 6.29 Å². The van der Waals surface area contributed by atoms with Crippen LogP contribution in [0, 0.1) is 0 Å². The lowest BCUT2D eigenvalue weighted by molar-refractivity contribution is -0.0547.